The number of halogens is 1. The van der Waals surface area contributed by atoms with Gasteiger partial charge in [0.2, 0.25) is 5.91 Å². The zero-order chi connectivity index (χ0) is 17.8. The summed E-state index contributed by atoms with van der Waals surface area (Å²) in [6.07, 6.45) is 2.88. The lowest BCUT2D eigenvalue weighted by Gasteiger charge is -2.34. The van der Waals surface area contributed by atoms with E-state index in [1.54, 1.807) is 24.0 Å². The minimum absolute atomic E-state index is 0.0610. The molecule has 1 aromatic heterocycles. The highest BCUT2D eigenvalue weighted by Gasteiger charge is 2.20. The molecule has 130 valence electrons. The maximum atomic E-state index is 13.6. The minimum atomic E-state index is -0.523. The number of carbonyl (C=O) groups excluding carboxylic acids is 2. The van der Waals surface area contributed by atoms with E-state index in [9.17, 15) is 14.0 Å². The molecular weight excluding hydrogens is 325 g/mol. The van der Waals surface area contributed by atoms with E-state index in [2.05, 4.69) is 15.3 Å². The van der Waals surface area contributed by atoms with Gasteiger partial charge in [0.1, 0.15) is 17.3 Å². The van der Waals surface area contributed by atoms with Crippen LogP contribution in [0.4, 0.5) is 15.9 Å². The van der Waals surface area contributed by atoms with Gasteiger partial charge in [-0.25, -0.2) is 14.4 Å². The minimum Gasteiger partial charge on any atom is -0.352 e. The third-order valence-electron chi connectivity index (χ3n) is 4.04. The zero-order valence-corrected chi connectivity index (χ0v) is 13.8. The number of nitrogens with zero attached hydrogens (tertiary/aromatic N) is 4. The summed E-state index contributed by atoms with van der Waals surface area (Å²) in [5.41, 5.74) is 0.202. The first-order valence-corrected chi connectivity index (χ1v) is 7.93. The molecule has 0 saturated carbocycles. The first kappa shape index (κ1) is 16.8. The van der Waals surface area contributed by atoms with Gasteiger partial charge < -0.3 is 15.1 Å². The molecule has 1 aliphatic heterocycles. The Morgan fingerprint density at radius 1 is 1.08 bits per heavy atom. The Balaban J connectivity index is 1.63. The smallest absolute Gasteiger partial charge is 0.275 e. The fraction of sp³-hybridized carbons (Fsp3) is 0.294. The highest BCUT2D eigenvalue weighted by molar-refractivity contribution is 6.02. The van der Waals surface area contributed by atoms with Crippen molar-refractivity contribution >= 4 is 23.3 Å². The predicted molar refractivity (Wildman–Crippen MR) is 90.9 cm³/mol. The number of hydrogen-bond donors (Lipinski definition) is 1. The van der Waals surface area contributed by atoms with Crippen molar-refractivity contribution < 1.29 is 14.0 Å². The van der Waals surface area contributed by atoms with Crippen LogP contribution in [-0.2, 0) is 4.79 Å². The van der Waals surface area contributed by atoms with Gasteiger partial charge in [0, 0.05) is 33.1 Å². The second-order valence-corrected chi connectivity index (χ2v) is 5.69. The van der Waals surface area contributed by atoms with Crippen LogP contribution in [-0.4, -0.2) is 52.9 Å². The summed E-state index contributed by atoms with van der Waals surface area (Å²) in [4.78, 5) is 35.6. The molecule has 0 atom stereocenters. The summed E-state index contributed by atoms with van der Waals surface area (Å²) < 4.78 is 13.6. The van der Waals surface area contributed by atoms with Crippen molar-refractivity contribution in [1.29, 1.82) is 0 Å². The lowest BCUT2D eigenvalue weighted by molar-refractivity contribution is -0.129. The Bertz CT molecular complexity index is 773. The molecule has 0 spiro atoms. The van der Waals surface area contributed by atoms with E-state index >= 15 is 0 Å². The van der Waals surface area contributed by atoms with Gasteiger partial charge in [-0.05, 0) is 12.1 Å². The molecule has 1 saturated heterocycles. The Labute approximate surface area is 144 Å². The lowest BCUT2D eigenvalue weighted by Crippen LogP contribution is -2.48. The molecule has 1 N–H and O–H groups in total. The summed E-state index contributed by atoms with van der Waals surface area (Å²) in [6, 6.07) is 5.92. The largest absolute Gasteiger partial charge is 0.352 e. The Morgan fingerprint density at radius 2 is 1.80 bits per heavy atom. The standard InChI is InChI=1S/C17H18FN5O2/c1-12(24)22-6-8-23(9-7-22)16-11-19-15(10-20-16)17(25)21-14-5-3-2-4-13(14)18/h2-5,10-11H,6-9H2,1H3,(H,21,25). The average Bonchev–Trinajstić information content (AvgIpc) is 2.64. The molecule has 0 radical (unpaired) electrons. The molecule has 0 aliphatic carbocycles. The SMILES string of the molecule is CC(=O)N1CCN(c2cnc(C(=O)Nc3ccccc3F)cn2)CC1. The van der Waals surface area contributed by atoms with Gasteiger partial charge in [0.15, 0.2) is 0 Å². The maximum absolute atomic E-state index is 13.6. The van der Waals surface area contributed by atoms with Crippen molar-refractivity contribution in [3.05, 3.63) is 48.2 Å². The molecule has 8 heteroatoms. The van der Waals surface area contributed by atoms with E-state index in [4.69, 9.17) is 0 Å². The van der Waals surface area contributed by atoms with Crippen molar-refractivity contribution in [2.24, 2.45) is 0 Å². The number of benzene rings is 1. The first-order chi connectivity index (χ1) is 12.0. The Hall–Kier alpha value is -3.03. The summed E-state index contributed by atoms with van der Waals surface area (Å²) in [6.45, 7) is 4.14. The van der Waals surface area contributed by atoms with E-state index < -0.39 is 11.7 Å². The summed E-state index contributed by atoms with van der Waals surface area (Å²) in [5.74, 6) is -0.328. The Kier molecular flexibility index (Phi) is 4.87. The monoisotopic (exact) mass is 343 g/mol. The number of hydrogen-bond acceptors (Lipinski definition) is 5. The zero-order valence-electron chi connectivity index (χ0n) is 13.8. The van der Waals surface area contributed by atoms with Crippen molar-refractivity contribution in [3.63, 3.8) is 0 Å². The van der Waals surface area contributed by atoms with Gasteiger partial charge in [-0.3, -0.25) is 9.59 Å². The van der Waals surface area contributed by atoms with Crippen LogP contribution in [0.3, 0.4) is 0 Å². The second-order valence-electron chi connectivity index (χ2n) is 5.69. The molecule has 1 aliphatic rings. The van der Waals surface area contributed by atoms with Crippen molar-refractivity contribution in [2.45, 2.75) is 6.92 Å². The topological polar surface area (TPSA) is 78.4 Å². The number of amides is 2. The number of nitrogens with one attached hydrogen (secondary N) is 1. The summed E-state index contributed by atoms with van der Waals surface area (Å²) in [7, 11) is 0. The number of rotatable bonds is 3. The van der Waals surface area contributed by atoms with Gasteiger partial charge in [0.25, 0.3) is 5.91 Å². The molecule has 2 heterocycles. The van der Waals surface area contributed by atoms with Crippen LogP contribution in [0.2, 0.25) is 0 Å². The van der Waals surface area contributed by atoms with Crippen LogP contribution in [0, 0.1) is 5.82 Å². The number of anilines is 2. The van der Waals surface area contributed by atoms with Crippen LogP contribution >= 0.6 is 0 Å². The Morgan fingerprint density at radius 3 is 2.40 bits per heavy atom. The van der Waals surface area contributed by atoms with Gasteiger partial charge in [-0.1, -0.05) is 12.1 Å². The summed E-state index contributed by atoms with van der Waals surface area (Å²) in [5, 5.41) is 2.47. The van der Waals surface area contributed by atoms with E-state index in [0.29, 0.717) is 32.0 Å². The molecule has 0 bridgehead atoms. The van der Waals surface area contributed by atoms with Gasteiger partial charge in [-0.2, -0.15) is 0 Å². The van der Waals surface area contributed by atoms with Crippen LogP contribution in [0.25, 0.3) is 0 Å². The lowest BCUT2D eigenvalue weighted by atomic mass is 10.3. The van der Waals surface area contributed by atoms with Gasteiger partial charge in [-0.15, -0.1) is 0 Å². The van der Waals surface area contributed by atoms with E-state index in [1.807, 2.05) is 4.90 Å². The maximum Gasteiger partial charge on any atom is 0.275 e. The number of carbonyl (C=O) groups is 2. The molecule has 25 heavy (non-hydrogen) atoms. The average molecular weight is 343 g/mol. The van der Waals surface area contributed by atoms with Crippen molar-refractivity contribution in [3.8, 4) is 0 Å². The first-order valence-electron chi connectivity index (χ1n) is 7.93. The fourth-order valence-electron chi connectivity index (χ4n) is 2.60. The number of aromatic nitrogens is 2. The van der Waals surface area contributed by atoms with Gasteiger partial charge >= 0.3 is 0 Å². The highest BCUT2D eigenvalue weighted by atomic mass is 19.1. The van der Waals surface area contributed by atoms with Crippen LogP contribution in [0.1, 0.15) is 17.4 Å². The molecule has 0 unspecified atom stereocenters. The molecule has 7 nitrogen and oxygen atoms in total. The molecular formula is C17H18FN5O2. The number of para-hydroxylation sites is 1. The molecule has 1 aromatic carbocycles. The van der Waals surface area contributed by atoms with E-state index in [-0.39, 0.29) is 17.3 Å². The number of piperazine rings is 1. The van der Waals surface area contributed by atoms with Crippen LogP contribution in [0.15, 0.2) is 36.7 Å². The van der Waals surface area contributed by atoms with Crippen molar-refractivity contribution in [1.82, 2.24) is 14.9 Å². The third kappa shape index (κ3) is 3.90. The third-order valence-corrected chi connectivity index (χ3v) is 4.04. The van der Waals surface area contributed by atoms with E-state index in [0.717, 1.165) is 0 Å². The molecule has 2 amide bonds. The van der Waals surface area contributed by atoms with Crippen LogP contribution in [0.5, 0.6) is 0 Å². The quantitative estimate of drug-likeness (QED) is 0.914. The van der Waals surface area contributed by atoms with Crippen molar-refractivity contribution in [2.75, 3.05) is 36.4 Å². The van der Waals surface area contributed by atoms with Crippen LogP contribution < -0.4 is 10.2 Å². The molecule has 2 aromatic rings. The fourth-order valence-corrected chi connectivity index (χ4v) is 2.60. The van der Waals surface area contributed by atoms with Gasteiger partial charge in [0.05, 0.1) is 18.1 Å². The predicted octanol–water partition coefficient (Wildman–Crippen LogP) is 1.54. The molecule has 3 rings (SSSR count). The second kappa shape index (κ2) is 7.25. The normalized spacial score (nSPS) is 14.3. The van der Waals surface area contributed by atoms with E-state index in [1.165, 1.54) is 24.5 Å². The summed E-state index contributed by atoms with van der Waals surface area (Å²) >= 11 is 0. The highest BCUT2D eigenvalue weighted by Crippen LogP contribution is 2.15. The molecule has 1 fully saturated rings.